The summed E-state index contributed by atoms with van der Waals surface area (Å²) in [5.74, 6) is -0.137. The number of amides is 1. The molecule has 0 fully saturated rings. The number of nitriles is 1. The lowest BCUT2D eigenvalue weighted by Gasteiger charge is -2.05. The van der Waals surface area contributed by atoms with Crippen LogP contribution >= 0.6 is 11.6 Å². The number of carbonyl (C=O) groups excluding carboxylic acids is 1. The van der Waals surface area contributed by atoms with Crippen molar-refractivity contribution in [3.8, 4) is 6.07 Å². The van der Waals surface area contributed by atoms with E-state index in [9.17, 15) is 4.79 Å². The number of aryl methyl sites for hydroxylation is 2. The van der Waals surface area contributed by atoms with E-state index < -0.39 is 0 Å². The topological polar surface area (TPSA) is 83.6 Å². The fraction of sp³-hybridized carbons (Fsp3) is 0.286. The van der Waals surface area contributed by atoms with Gasteiger partial charge in [0, 0.05) is 24.5 Å². The van der Waals surface area contributed by atoms with Gasteiger partial charge in [0.05, 0.1) is 0 Å². The van der Waals surface area contributed by atoms with Gasteiger partial charge < -0.3 is 5.32 Å². The highest BCUT2D eigenvalue weighted by Gasteiger charge is 2.14. The predicted molar refractivity (Wildman–Crippen MR) is 79.1 cm³/mol. The second-order valence-electron chi connectivity index (χ2n) is 4.55. The number of halogens is 1. The molecule has 0 aliphatic heterocycles. The number of pyridine rings is 1. The lowest BCUT2D eigenvalue weighted by Crippen LogP contribution is -2.14. The van der Waals surface area contributed by atoms with Gasteiger partial charge in [0.1, 0.15) is 16.8 Å². The Kier molecular flexibility index (Phi) is 4.55. The second-order valence-corrected chi connectivity index (χ2v) is 4.94. The van der Waals surface area contributed by atoms with Crippen LogP contribution in [-0.2, 0) is 13.5 Å². The van der Waals surface area contributed by atoms with E-state index >= 15 is 0 Å². The van der Waals surface area contributed by atoms with Crippen LogP contribution in [0.2, 0.25) is 5.15 Å². The zero-order valence-corrected chi connectivity index (χ0v) is 12.5. The number of anilines is 1. The van der Waals surface area contributed by atoms with Crippen LogP contribution in [0, 0.1) is 11.3 Å². The Morgan fingerprint density at radius 1 is 1.52 bits per heavy atom. The number of carbonyl (C=O) groups is 1. The van der Waals surface area contributed by atoms with Gasteiger partial charge in [0.15, 0.2) is 5.82 Å². The average Bonchev–Trinajstić information content (AvgIpc) is 2.78. The van der Waals surface area contributed by atoms with Gasteiger partial charge in [-0.3, -0.25) is 9.48 Å². The van der Waals surface area contributed by atoms with E-state index in [2.05, 4.69) is 15.4 Å². The summed E-state index contributed by atoms with van der Waals surface area (Å²) >= 11 is 5.93. The number of nitrogens with zero attached hydrogens (tertiary/aromatic N) is 4. The monoisotopic (exact) mass is 303 g/mol. The molecule has 0 aromatic carbocycles. The molecule has 0 bridgehead atoms. The molecule has 108 valence electrons. The highest BCUT2D eigenvalue weighted by atomic mass is 35.5. The molecule has 0 aliphatic carbocycles. The molecular formula is C14H14ClN5O. The normalized spacial score (nSPS) is 10.2. The molecule has 1 amide bonds. The maximum Gasteiger partial charge on any atom is 0.257 e. The van der Waals surface area contributed by atoms with Crippen LogP contribution in [0.3, 0.4) is 0 Å². The van der Waals surface area contributed by atoms with E-state index in [0.717, 1.165) is 18.5 Å². The van der Waals surface area contributed by atoms with Crippen LogP contribution in [0.4, 0.5) is 5.82 Å². The van der Waals surface area contributed by atoms with Gasteiger partial charge in [-0.25, -0.2) is 4.98 Å². The minimum atomic E-state index is -0.369. The molecule has 0 aliphatic rings. The Hall–Kier alpha value is -2.39. The van der Waals surface area contributed by atoms with Crippen molar-refractivity contribution in [3.63, 3.8) is 0 Å². The number of nitrogens with one attached hydrogen (secondary N) is 1. The highest BCUT2D eigenvalue weighted by molar-refractivity contribution is 6.29. The first-order chi connectivity index (χ1) is 10.0. The molecule has 0 saturated heterocycles. The molecule has 7 heteroatoms. The summed E-state index contributed by atoms with van der Waals surface area (Å²) in [5.41, 5.74) is 1.46. The van der Waals surface area contributed by atoms with Crippen LogP contribution in [-0.4, -0.2) is 20.7 Å². The summed E-state index contributed by atoms with van der Waals surface area (Å²) in [6.07, 6.45) is 3.19. The van der Waals surface area contributed by atoms with Crippen LogP contribution in [0.15, 0.2) is 18.3 Å². The molecule has 2 heterocycles. The number of aromatic nitrogens is 3. The minimum Gasteiger partial charge on any atom is -0.304 e. The fourth-order valence-corrected chi connectivity index (χ4v) is 2.13. The molecular weight excluding hydrogens is 290 g/mol. The van der Waals surface area contributed by atoms with Gasteiger partial charge in [-0.15, -0.1) is 0 Å². The third kappa shape index (κ3) is 3.58. The van der Waals surface area contributed by atoms with Crippen LogP contribution in [0.5, 0.6) is 0 Å². The Bertz CT molecular complexity index is 717. The van der Waals surface area contributed by atoms with Crippen molar-refractivity contribution >= 4 is 23.3 Å². The molecule has 0 atom stereocenters. The lowest BCUT2D eigenvalue weighted by molar-refractivity contribution is 0.102. The molecule has 21 heavy (non-hydrogen) atoms. The summed E-state index contributed by atoms with van der Waals surface area (Å²) < 4.78 is 1.47. The molecule has 2 aromatic heterocycles. The SMILES string of the molecule is CCCc1cc(C(=O)Nc2nn(C)cc2C#N)cc(Cl)n1. The highest BCUT2D eigenvalue weighted by Crippen LogP contribution is 2.16. The first-order valence-electron chi connectivity index (χ1n) is 6.45. The average molecular weight is 304 g/mol. The summed E-state index contributed by atoms with van der Waals surface area (Å²) in [7, 11) is 1.68. The van der Waals surface area contributed by atoms with Gasteiger partial charge >= 0.3 is 0 Å². The lowest BCUT2D eigenvalue weighted by atomic mass is 10.1. The molecule has 0 saturated carbocycles. The quantitative estimate of drug-likeness (QED) is 0.880. The largest absolute Gasteiger partial charge is 0.304 e. The van der Waals surface area contributed by atoms with E-state index in [0.29, 0.717) is 11.1 Å². The number of hydrogen-bond donors (Lipinski definition) is 1. The van der Waals surface area contributed by atoms with Gasteiger partial charge in [-0.1, -0.05) is 24.9 Å². The molecule has 6 nitrogen and oxygen atoms in total. The van der Waals surface area contributed by atoms with Crippen molar-refractivity contribution < 1.29 is 4.79 Å². The van der Waals surface area contributed by atoms with Gasteiger partial charge in [0.25, 0.3) is 5.91 Å². The van der Waals surface area contributed by atoms with Gasteiger partial charge in [-0.05, 0) is 18.6 Å². The Morgan fingerprint density at radius 2 is 2.29 bits per heavy atom. The first-order valence-corrected chi connectivity index (χ1v) is 6.82. The Morgan fingerprint density at radius 3 is 2.95 bits per heavy atom. The van der Waals surface area contributed by atoms with Crippen molar-refractivity contribution in [1.29, 1.82) is 5.26 Å². The maximum absolute atomic E-state index is 12.2. The standard InChI is InChI=1S/C14H14ClN5O/c1-3-4-11-5-9(6-12(15)17-11)14(21)18-13-10(7-16)8-20(2)19-13/h5-6,8H,3-4H2,1-2H3,(H,18,19,21). The number of rotatable bonds is 4. The maximum atomic E-state index is 12.2. The van der Waals surface area contributed by atoms with Crippen LogP contribution < -0.4 is 5.32 Å². The minimum absolute atomic E-state index is 0.231. The third-order valence-corrected chi connectivity index (χ3v) is 2.99. The van der Waals surface area contributed by atoms with E-state index in [4.69, 9.17) is 16.9 Å². The van der Waals surface area contributed by atoms with Crippen LogP contribution in [0.1, 0.15) is 35.0 Å². The van der Waals surface area contributed by atoms with Crippen molar-refractivity contribution in [2.75, 3.05) is 5.32 Å². The van der Waals surface area contributed by atoms with Crippen molar-refractivity contribution in [2.45, 2.75) is 19.8 Å². The molecule has 2 rings (SSSR count). The fourth-order valence-electron chi connectivity index (χ4n) is 1.91. The zero-order chi connectivity index (χ0) is 15.4. The summed E-state index contributed by atoms with van der Waals surface area (Å²) in [6.45, 7) is 2.02. The second kappa shape index (κ2) is 6.37. The van der Waals surface area contributed by atoms with Crippen molar-refractivity contribution in [3.05, 3.63) is 40.3 Å². The summed E-state index contributed by atoms with van der Waals surface area (Å²) in [5, 5.41) is 15.9. The van der Waals surface area contributed by atoms with E-state index in [1.54, 1.807) is 13.1 Å². The van der Waals surface area contributed by atoms with Crippen LogP contribution in [0.25, 0.3) is 0 Å². The molecule has 1 N–H and O–H groups in total. The molecule has 0 radical (unpaired) electrons. The molecule has 2 aromatic rings. The summed E-state index contributed by atoms with van der Waals surface area (Å²) in [4.78, 5) is 16.4. The van der Waals surface area contributed by atoms with Crippen molar-refractivity contribution in [2.24, 2.45) is 7.05 Å². The third-order valence-electron chi connectivity index (χ3n) is 2.80. The molecule has 0 unspecified atom stereocenters. The Balaban J connectivity index is 2.26. The predicted octanol–water partition coefficient (Wildman–Crippen LogP) is 2.54. The first kappa shape index (κ1) is 15.0. The summed E-state index contributed by atoms with van der Waals surface area (Å²) in [6, 6.07) is 5.17. The Labute approximate surface area is 127 Å². The molecule has 0 spiro atoms. The smallest absolute Gasteiger partial charge is 0.257 e. The van der Waals surface area contributed by atoms with E-state index in [1.165, 1.54) is 16.9 Å². The zero-order valence-electron chi connectivity index (χ0n) is 11.7. The van der Waals surface area contributed by atoms with Crippen molar-refractivity contribution in [1.82, 2.24) is 14.8 Å². The van der Waals surface area contributed by atoms with Gasteiger partial charge in [0.2, 0.25) is 0 Å². The van der Waals surface area contributed by atoms with E-state index in [-0.39, 0.29) is 16.9 Å². The number of hydrogen-bond acceptors (Lipinski definition) is 4. The van der Waals surface area contributed by atoms with Gasteiger partial charge in [-0.2, -0.15) is 10.4 Å². The van der Waals surface area contributed by atoms with E-state index in [1.807, 2.05) is 13.0 Å².